The normalized spacial score (nSPS) is 18.6. The summed E-state index contributed by atoms with van der Waals surface area (Å²) in [5.74, 6) is 0.0233. The molecule has 0 unspecified atom stereocenters. The van der Waals surface area contributed by atoms with Gasteiger partial charge in [-0.2, -0.15) is 0 Å². The maximum Gasteiger partial charge on any atom is 0.254 e. The van der Waals surface area contributed by atoms with Gasteiger partial charge in [0, 0.05) is 34.1 Å². The Labute approximate surface area is 153 Å². The highest BCUT2D eigenvalue weighted by atomic mass is 32.2. The van der Waals surface area contributed by atoms with Gasteiger partial charge in [0.25, 0.3) is 5.91 Å². The summed E-state index contributed by atoms with van der Waals surface area (Å²) in [6, 6.07) is 15.2. The van der Waals surface area contributed by atoms with Crippen molar-refractivity contribution in [3.63, 3.8) is 0 Å². The first-order valence-electron chi connectivity index (χ1n) is 8.23. The second-order valence-corrected chi connectivity index (χ2v) is 8.60. The van der Waals surface area contributed by atoms with Crippen molar-refractivity contribution in [3.05, 3.63) is 59.1 Å². The van der Waals surface area contributed by atoms with Crippen molar-refractivity contribution in [2.75, 3.05) is 12.8 Å². The average molecular weight is 370 g/mol. The third kappa shape index (κ3) is 3.12. The fraction of sp³-hybridized carbons (Fsp3) is 0.263. The minimum Gasteiger partial charge on any atom is -0.329 e. The average Bonchev–Trinajstić information content (AvgIpc) is 3.27. The molecule has 25 heavy (non-hydrogen) atoms. The smallest absolute Gasteiger partial charge is 0.254 e. The van der Waals surface area contributed by atoms with Gasteiger partial charge in [-0.1, -0.05) is 12.1 Å². The zero-order valence-electron chi connectivity index (χ0n) is 13.8. The number of benzene rings is 2. The number of fused-ring (bicyclic) bond motifs is 1. The maximum absolute atomic E-state index is 13.0. The molecular formula is C19H18N2O2S2. The van der Waals surface area contributed by atoms with Gasteiger partial charge in [0.2, 0.25) is 0 Å². The van der Waals surface area contributed by atoms with E-state index in [9.17, 15) is 9.00 Å². The summed E-state index contributed by atoms with van der Waals surface area (Å²) in [4.78, 5) is 20.4. The van der Waals surface area contributed by atoms with Crippen LogP contribution in [0.2, 0.25) is 0 Å². The highest BCUT2D eigenvalue weighted by molar-refractivity contribution is 7.84. The summed E-state index contributed by atoms with van der Waals surface area (Å²) in [6.45, 7) is 0.751. The van der Waals surface area contributed by atoms with E-state index < -0.39 is 10.8 Å². The van der Waals surface area contributed by atoms with Gasteiger partial charge in [-0.3, -0.25) is 9.00 Å². The molecule has 0 N–H and O–H groups in total. The van der Waals surface area contributed by atoms with Crippen molar-refractivity contribution in [2.24, 2.45) is 0 Å². The van der Waals surface area contributed by atoms with Crippen molar-refractivity contribution in [2.45, 2.75) is 23.8 Å². The van der Waals surface area contributed by atoms with Crippen LogP contribution < -0.4 is 0 Å². The van der Waals surface area contributed by atoms with Crippen molar-refractivity contribution in [1.82, 2.24) is 9.88 Å². The van der Waals surface area contributed by atoms with Crippen LogP contribution in [0, 0.1) is 0 Å². The van der Waals surface area contributed by atoms with E-state index in [-0.39, 0.29) is 11.9 Å². The SMILES string of the molecule is C[S@](=O)c1ccc(C(=O)N2CCC[C@@H]2c2nc3ccccc3s2)cc1. The van der Waals surface area contributed by atoms with Gasteiger partial charge >= 0.3 is 0 Å². The van der Waals surface area contributed by atoms with E-state index in [2.05, 4.69) is 6.07 Å². The Morgan fingerprint density at radius 1 is 1.20 bits per heavy atom. The molecule has 0 bridgehead atoms. The van der Waals surface area contributed by atoms with Crippen LogP contribution in [-0.4, -0.2) is 32.8 Å². The molecule has 1 saturated heterocycles. The molecule has 2 aromatic carbocycles. The third-order valence-electron chi connectivity index (χ3n) is 4.54. The first kappa shape index (κ1) is 16.4. The van der Waals surface area contributed by atoms with Crippen LogP contribution in [0.5, 0.6) is 0 Å². The number of likely N-dealkylation sites (tertiary alicyclic amines) is 1. The Kier molecular flexibility index (Phi) is 4.39. The lowest BCUT2D eigenvalue weighted by Gasteiger charge is -2.23. The molecule has 6 heteroatoms. The third-order valence-corrected chi connectivity index (χ3v) is 6.62. The molecule has 3 aromatic rings. The minimum absolute atomic E-state index is 0.0233. The quantitative estimate of drug-likeness (QED) is 0.700. The fourth-order valence-electron chi connectivity index (χ4n) is 3.25. The van der Waals surface area contributed by atoms with Crippen LogP contribution >= 0.6 is 11.3 Å². The first-order valence-corrected chi connectivity index (χ1v) is 10.6. The van der Waals surface area contributed by atoms with E-state index in [4.69, 9.17) is 4.98 Å². The lowest BCUT2D eigenvalue weighted by molar-refractivity contribution is 0.0735. The molecule has 1 aliphatic rings. The van der Waals surface area contributed by atoms with Crippen LogP contribution in [0.1, 0.15) is 34.2 Å². The second-order valence-electron chi connectivity index (χ2n) is 6.15. The Hall–Kier alpha value is -2.05. The molecule has 1 fully saturated rings. The Balaban J connectivity index is 1.62. The molecule has 2 heterocycles. The summed E-state index contributed by atoms with van der Waals surface area (Å²) in [5, 5.41) is 1.01. The molecule has 0 aliphatic carbocycles. The molecular weight excluding hydrogens is 352 g/mol. The van der Waals surface area contributed by atoms with Gasteiger partial charge in [-0.05, 0) is 49.2 Å². The number of amides is 1. The van der Waals surface area contributed by atoms with E-state index in [0.29, 0.717) is 5.56 Å². The summed E-state index contributed by atoms with van der Waals surface area (Å²) in [5.41, 5.74) is 1.64. The lowest BCUT2D eigenvalue weighted by Crippen LogP contribution is -2.30. The summed E-state index contributed by atoms with van der Waals surface area (Å²) < 4.78 is 12.7. The van der Waals surface area contributed by atoms with Crippen LogP contribution in [0.25, 0.3) is 10.2 Å². The number of thiazole rings is 1. The van der Waals surface area contributed by atoms with Gasteiger partial charge in [-0.15, -0.1) is 11.3 Å². The van der Waals surface area contributed by atoms with Crippen molar-refractivity contribution in [3.8, 4) is 0 Å². The predicted octanol–water partition coefficient (Wildman–Crippen LogP) is 4.01. The van der Waals surface area contributed by atoms with Crippen molar-refractivity contribution < 1.29 is 9.00 Å². The molecule has 0 saturated carbocycles. The Bertz CT molecular complexity index is 916. The molecule has 4 nitrogen and oxygen atoms in total. The van der Waals surface area contributed by atoms with Crippen LogP contribution in [-0.2, 0) is 10.8 Å². The van der Waals surface area contributed by atoms with E-state index in [1.807, 2.05) is 23.1 Å². The topological polar surface area (TPSA) is 50.3 Å². The minimum atomic E-state index is -1.03. The summed E-state index contributed by atoms with van der Waals surface area (Å²) >= 11 is 1.67. The Morgan fingerprint density at radius 3 is 2.68 bits per heavy atom. The number of carbonyl (C=O) groups is 1. The number of rotatable bonds is 3. The highest BCUT2D eigenvalue weighted by Gasteiger charge is 2.32. The standard InChI is InChI=1S/C19H18N2O2S2/c1-25(23)14-10-8-13(9-11-14)19(22)21-12-4-6-16(21)18-20-15-5-2-3-7-17(15)24-18/h2-3,5,7-11,16H,4,6,12H2,1H3/t16-,25+/m1/s1. The van der Waals surface area contributed by atoms with Gasteiger partial charge in [0.15, 0.2) is 0 Å². The number of hydrogen-bond donors (Lipinski definition) is 0. The van der Waals surface area contributed by atoms with Crippen molar-refractivity contribution >= 4 is 38.3 Å². The molecule has 4 rings (SSSR count). The van der Waals surface area contributed by atoms with E-state index in [1.54, 1.807) is 41.9 Å². The maximum atomic E-state index is 13.0. The van der Waals surface area contributed by atoms with Gasteiger partial charge in [0.05, 0.1) is 16.3 Å². The molecule has 0 radical (unpaired) electrons. The molecule has 1 aromatic heterocycles. The second kappa shape index (κ2) is 6.69. The molecule has 1 aliphatic heterocycles. The van der Waals surface area contributed by atoms with Gasteiger partial charge in [-0.25, -0.2) is 4.98 Å². The lowest BCUT2D eigenvalue weighted by atomic mass is 10.1. The van der Waals surface area contributed by atoms with Crippen LogP contribution in [0.4, 0.5) is 0 Å². The molecule has 1 amide bonds. The molecule has 0 spiro atoms. The van der Waals surface area contributed by atoms with Gasteiger partial charge < -0.3 is 4.90 Å². The number of para-hydroxylation sites is 1. The summed E-state index contributed by atoms with van der Waals surface area (Å²) in [7, 11) is -1.03. The van der Waals surface area contributed by atoms with Gasteiger partial charge in [0.1, 0.15) is 5.01 Å². The predicted molar refractivity (Wildman–Crippen MR) is 101 cm³/mol. The van der Waals surface area contributed by atoms with E-state index >= 15 is 0 Å². The summed E-state index contributed by atoms with van der Waals surface area (Å²) in [6.07, 6.45) is 3.58. The zero-order valence-corrected chi connectivity index (χ0v) is 15.5. The number of aromatic nitrogens is 1. The number of carbonyl (C=O) groups excluding carboxylic acids is 1. The zero-order chi connectivity index (χ0) is 17.4. The Morgan fingerprint density at radius 2 is 1.96 bits per heavy atom. The van der Waals surface area contributed by atoms with Crippen LogP contribution in [0.15, 0.2) is 53.4 Å². The first-order chi connectivity index (χ1) is 12.1. The molecule has 2 atom stereocenters. The largest absolute Gasteiger partial charge is 0.329 e. The number of hydrogen-bond acceptors (Lipinski definition) is 4. The van der Waals surface area contributed by atoms with Crippen molar-refractivity contribution in [1.29, 1.82) is 0 Å². The van der Waals surface area contributed by atoms with E-state index in [0.717, 1.165) is 39.5 Å². The monoisotopic (exact) mass is 370 g/mol. The highest BCUT2D eigenvalue weighted by Crippen LogP contribution is 2.37. The fourth-order valence-corrected chi connectivity index (χ4v) is 4.89. The van der Waals surface area contributed by atoms with E-state index in [1.165, 1.54) is 0 Å². The number of nitrogens with zero attached hydrogens (tertiary/aromatic N) is 2. The van der Waals surface area contributed by atoms with Crippen LogP contribution in [0.3, 0.4) is 0 Å². The molecule has 128 valence electrons.